The van der Waals surface area contributed by atoms with Crippen LogP contribution in [0.4, 0.5) is 0 Å². The van der Waals surface area contributed by atoms with E-state index in [2.05, 4.69) is 21.6 Å². The van der Waals surface area contributed by atoms with Gasteiger partial charge in [-0.15, -0.1) is 0 Å². The number of hydrogen-bond acceptors (Lipinski definition) is 4. The van der Waals surface area contributed by atoms with Gasteiger partial charge in [-0.3, -0.25) is 9.59 Å². The number of nitrogens with one attached hydrogen (secondary N) is 1. The molecule has 0 radical (unpaired) electrons. The van der Waals surface area contributed by atoms with Gasteiger partial charge < -0.3 is 15.5 Å². The molecule has 110 valence electrons. The summed E-state index contributed by atoms with van der Waals surface area (Å²) >= 11 is 0. The van der Waals surface area contributed by atoms with Gasteiger partial charge in [0.1, 0.15) is 6.26 Å². The molecule has 0 spiro atoms. The Morgan fingerprint density at radius 1 is 1.09 bits per heavy atom. The molecule has 1 aromatic carbocycles. The van der Waals surface area contributed by atoms with E-state index in [1.54, 1.807) is 24.3 Å². The van der Waals surface area contributed by atoms with Crippen molar-refractivity contribution in [3.05, 3.63) is 69.8 Å². The Morgan fingerprint density at radius 2 is 1.77 bits per heavy atom. The number of rotatable bonds is 3. The zero-order valence-corrected chi connectivity index (χ0v) is 11.5. The van der Waals surface area contributed by atoms with Crippen LogP contribution in [0.2, 0.25) is 0 Å². The quantitative estimate of drug-likeness (QED) is 0.806. The SMILES string of the molecule is NC(=O)c1ccc(C#CCNC(=O)c2ccc(=O)oc2)cc1. The van der Waals surface area contributed by atoms with Crippen LogP contribution in [0, 0.1) is 11.8 Å². The minimum Gasteiger partial charge on any atom is -0.430 e. The maximum Gasteiger partial charge on any atom is 0.335 e. The van der Waals surface area contributed by atoms with E-state index < -0.39 is 11.5 Å². The summed E-state index contributed by atoms with van der Waals surface area (Å²) in [4.78, 5) is 33.4. The molecule has 1 aromatic heterocycles. The zero-order chi connectivity index (χ0) is 15.9. The Hall–Kier alpha value is -3.33. The van der Waals surface area contributed by atoms with Crippen LogP contribution in [0.1, 0.15) is 26.3 Å². The Morgan fingerprint density at radius 3 is 2.36 bits per heavy atom. The Kier molecular flexibility index (Phi) is 4.73. The standard InChI is InChI=1S/C16H12N2O4/c17-15(20)12-5-3-11(4-6-12)2-1-9-18-16(21)13-7-8-14(19)22-10-13/h3-8,10H,9H2,(H2,17,20)(H,18,21). The number of nitrogens with two attached hydrogens (primary N) is 1. The molecule has 0 saturated heterocycles. The molecule has 0 aliphatic carbocycles. The summed E-state index contributed by atoms with van der Waals surface area (Å²) in [6.07, 6.45) is 1.09. The van der Waals surface area contributed by atoms with E-state index in [1.165, 1.54) is 12.1 Å². The van der Waals surface area contributed by atoms with Crippen LogP contribution in [-0.2, 0) is 0 Å². The highest BCUT2D eigenvalue weighted by Gasteiger charge is 2.04. The molecular formula is C16H12N2O4. The van der Waals surface area contributed by atoms with Gasteiger partial charge in [0.2, 0.25) is 5.91 Å². The summed E-state index contributed by atoms with van der Waals surface area (Å²) in [6, 6.07) is 9.04. The van der Waals surface area contributed by atoms with E-state index in [-0.39, 0.29) is 18.0 Å². The fraction of sp³-hybridized carbons (Fsp3) is 0.0625. The molecule has 0 unspecified atom stereocenters. The number of carbonyl (C=O) groups excluding carboxylic acids is 2. The van der Waals surface area contributed by atoms with Gasteiger partial charge in [0.15, 0.2) is 0 Å². The molecule has 3 N–H and O–H groups in total. The lowest BCUT2D eigenvalue weighted by atomic mass is 10.1. The molecule has 0 aliphatic heterocycles. The Labute approximate surface area is 125 Å². The summed E-state index contributed by atoms with van der Waals surface area (Å²) < 4.78 is 4.60. The van der Waals surface area contributed by atoms with Crippen molar-refractivity contribution >= 4 is 11.8 Å². The number of amides is 2. The fourth-order valence-electron chi connectivity index (χ4n) is 1.58. The van der Waals surface area contributed by atoms with E-state index in [9.17, 15) is 14.4 Å². The topological polar surface area (TPSA) is 102 Å². The lowest BCUT2D eigenvalue weighted by molar-refractivity contribution is 0.0954. The average Bonchev–Trinajstić information content (AvgIpc) is 2.52. The van der Waals surface area contributed by atoms with Gasteiger partial charge >= 0.3 is 5.63 Å². The smallest absolute Gasteiger partial charge is 0.335 e. The molecule has 0 bridgehead atoms. The molecule has 0 saturated carbocycles. The second-order valence-electron chi connectivity index (χ2n) is 4.27. The second kappa shape index (κ2) is 6.90. The van der Waals surface area contributed by atoms with Crippen molar-refractivity contribution in [2.24, 2.45) is 5.73 Å². The molecule has 1 heterocycles. The summed E-state index contributed by atoms with van der Waals surface area (Å²) in [7, 11) is 0. The van der Waals surface area contributed by atoms with Crippen LogP contribution < -0.4 is 16.7 Å². The molecule has 2 aromatic rings. The van der Waals surface area contributed by atoms with Gasteiger partial charge in [-0.25, -0.2) is 4.79 Å². The first-order chi connectivity index (χ1) is 10.6. The summed E-state index contributed by atoms with van der Waals surface area (Å²) in [6.45, 7) is 0.134. The Balaban J connectivity index is 1.91. The molecule has 0 atom stereocenters. The van der Waals surface area contributed by atoms with Crippen molar-refractivity contribution in [2.45, 2.75) is 0 Å². The van der Waals surface area contributed by atoms with E-state index in [4.69, 9.17) is 5.73 Å². The minimum atomic E-state index is -0.518. The summed E-state index contributed by atoms with van der Waals surface area (Å²) in [5.74, 6) is 4.72. The molecular weight excluding hydrogens is 284 g/mol. The Bertz CT molecular complexity index is 790. The van der Waals surface area contributed by atoms with Gasteiger partial charge in [0, 0.05) is 17.2 Å². The van der Waals surface area contributed by atoms with Crippen molar-refractivity contribution in [3.8, 4) is 11.8 Å². The first kappa shape index (κ1) is 15.1. The van der Waals surface area contributed by atoms with E-state index in [0.717, 1.165) is 6.26 Å². The highest BCUT2D eigenvalue weighted by molar-refractivity contribution is 5.94. The van der Waals surface area contributed by atoms with E-state index in [0.29, 0.717) is 11.1 Å². The van der Waals surface area contributed by atoms with Gasteiger partial charge in [-0.2, -0.15) is 0 Å². The number of primary amides is 1. The van der Waals surface area contributed by atoms with E-state index in [1.807, 2.05) is 0 Å². The van der Waals surface area contributed by atoms with Crippen molar-refractivity contribution in [1.82, 2.24) is 5.32 Å². The maximum atomic E-state index is 11.7. The van der Waals surface area contributed by atoms with Crippen LogP contribution in [0.5, 0.6) is 0 Å². The zero-order valence-electron chi connectivity index (χ0n) is 11.5. The highest BCUT2D eigenvalue weighted by Crippen LogP contribution is 2.02. The first-order valence-corrected chi connectivity index (χ1v) is 6.32. The lowest BCUT2D eigenvalue weighted by Gasteiger charge is -1.99. The third kappa shape index (κ3) is 4.08. The van der Waals surface area contributed by atoms with Crippen molar-refractivity contribution < 1.29 is 14.0 Å². The molecule has 6 heteroatoms. The van der Waals surface area contributed by atoms with Gasteiger partial charge in [-0.05, 0) is 30.3 Å². The van der Waals surface area contributed by atoms with Crippen molar-refractivity contribution in [3.63, 3.8) is 0 Å². The second-order valence-corrected chi connectivity index (χ2v) is 4.27. The molecule has 2 rings (SSSR count). The minimum absolute atomic E-state index is 0.134. The normalized spacial score (nSPS) is 9.45. The highest BCUT2D eigenvalue weighted by atomic mass is 16.4. The number of carbonyl (C=O) groups is 2. The largest absolute Gasteiger partial charge is 0.430 e. The third-order valence-electron chi connectivity index (χ3n) is 2.70. The predicted octanol–water partition coefficient (Wildman–Crippen LogP) is 0.520. The van der Waals surface area contributed by atoms with Gasteiger partial charge in [0.05, 0.1) is 12.1 Å². The van der Waals surface area contributed by atoms with E-state index >= 15 is 0 Å². The maximum absolute atomic E-state index is 11.7. The molecule has 0 aliphatic rings. The number of hydrogen-bond donors (Lipinski definition) is 2. The van der Waals surface area contributed by atoms with Gasteiger partial charge in [0.25, 0.3) is 5.91 Å². The van der Waals surface area contributed by atoms with Gasteiger partial charge in [-0.1, -0.05) is 11.8 Å². The first-order valence-electron chi connectivity index (χ1n) is 6.32. The molecule has 22 heavy (non-hydrogen) atoms. The monoisotopic (exact) mass is 296 g/mol. The molecule has 2 amide bonds. The molecule has 0 fully saturated rings. The summed E-state index contributed by atoms with van der Waals surface area (Å²) in [5.41, 5.74) is 5.96. The van der Waals surface area contributed by atoms with Crippen LogP contribution >= 0.6 is 0 Å². The molecule has 6 nitrogen and oxygen atoms in total. The fourth-order valence-corrected chi connectivity index (χ4v) is 1.58. The lowest BCUT2D eigenvalue weighted by Crippen LogP contribution is -2.23. The van der Waals surface area contributed by atoms with Crippen LogP contribution in [0.3, 0.4) is 0 Å². The predicted molar refractivity (Wildman–Crippen MR) is 79.1 cm³/mol. The van der Waals surface area contributed by atoms with Crippen LogP contribution in [-0.4, -0.2) is 18.4 Å². The average molecular weight is 296 g/mol. The van der Waals surface area contributed by atoms with Crippen LogP contribution in [0.25, 0.3) is 0 Å². The number of benzene rings is 1. The third-order valence-corrected chi connectivity index (χ3v) is 2.70. The van der Waals surface area contributed by atoms with Crippen molar-refractivity contribution in [2.75, 3.05) is 6.54 Å². The van der Waals surface area contributed by atoms with Crippen molar-refractivity contribution in [1.29, 1.82) is 0 Å². The van der Waals surface area contributed by atoms with Crippen LogP contribution in [0.15, 0.2) is 51.9 Å². The summed E-state index contributed by atoms with van der Waals surface area (Å²) in [5, 5.41) is 2.57.